The Morgan fingerprint density at radius 1 is 1.08 bits per heavy atom. The number of nitriles is 1. The Morgan fingerprint density at radius 2 is 1.79 bits per heavy atom. The van der Waals surface area contributed by atoms with Gasteiger partial charge in [-0.05, 0) is 75.3 Å². The van der Waals surface area contributed by atoms with E-state index in [0.717, 1.165) is 35.4 Å². The van der Waals surface area contributed by atoms with E-state index in [2.05, 4.69) is 22.0 Å². The van der Waals surface area contributed by atoms with Gasteiger partial charge in [-0.25, -0.2) is 4.98 Å². The Kier molecular flexibility index (Phi) is 8.78. The molecule has 1 saturated heterocycles. The maximum absolute atomic E-state index is 13.2. The Hall–Kier alpha value is -3.61. The van der Waals surface area contributed by atoms with Crippen LogP contribution in [-0.2, 0) is 16.5 Å². The van der Waals surface area contributed by atoms with Gasteiger partial charge in [0.1, 0.15) is 6.07 Å². The number of alkyl halides is 3. The van der Waals surface area contributed by atoms with Gasteiger partial charge >= 0.3 is 6.18 Å². The molecular weight excluding hydrogens is 505 g/mol. The van der Waals surface area contributed by atoms with Gasteiger partial charge in [0.2, 0.25) is 5.88 Å². The number of hydrogen-bond acceptors (Lipinski definition) is 6. The molecule has 0 atom stereocenters. The number of ether oxygens (including phenoxy) is 2. The fraction of sp³-hybridized carbons (Fsp3) is 0.400. The quantitative estimate of drug-likeness (QED) is 0.328. The van der Waals surface area contributed by atoms with E-state index in [9.17, 15) is 18.4 Å². The monoisotopic (exact) mass is 538 g/mol. The third-order valence-corrected chi connectivity index (χ3v) is 7.05. The summed E-state index contributed by atoms with van der Waals surface area (Å²) < 4.78 is 51.8. The molecule has 0 amide bonds. The maximum Gasteiger partial charge on any atom is 0.416 e. The number of halogens is 3. The number of likely N-dealkylation sites (N-methyl/N-ethyl adjacent to an activating group) is 1. The molecule has 0 saturated carbocycles. The SMILES string of the molecule is CCOc1ncccc1-c1ccc(C2(OCCN(C)C)CCN(c3ccc(C(F)(F)F)cc3C#N)CC2)cc1. The maximum atomic E-state index is 13.2. The van der Waals surface area contributed by atoms with Crippen molar-refractivity contribution in [3.8, 4) is 23.1 Å². The first-order valence-electron chi connectivity index (χ1n) is 13.0. The van der Waals surface area contributed by atoms with Gasteiger partial charge in [0, 0.05) is 31.4 Å². The van der Waals surface area contributed by atoms with Crippen LogP contribution in [0.2, 0.25) is 0 Å². The fourth-order valence-electron chi connectivity index (χ4n) is 4.94. The average Bonchev–Trinajstić information content (AvgIpc) is 2.93. The lowest BCUT2D eigenvalue weighted by atomic mass is 9.83. The molecule has 206 valence electrons. The lowest BCUT2D eigenvalue weighted by Crippen LogP contribution is -2.45. The van der Waals surface area contributed by atoms with E-state index in [1.807, 2.05) is 56.3 Å². The summed E-state index contributed by atoms with van der Waals surface area (Å²) in [6, 6.07) is 17.4. The lowest BCUT2D eigenvalue weighted by molar-refractivity contribution is -0.137. The molecule has 9 heteroatoms. The number of rotatable bonds is 9. The predicted octanol–water partition coefficient (Wildman–Crippen LogP) is 6.11. The molecule has 0 spiro atoms. The molecule has 1 aliphatic rings. The fourth-order valence-corrected chi connectivity index (χ4v) is 4.94. The highest BCUT2D eigenvalue weighted by Gasteiger charge is 2.38. The zero-order valence-electron chi connectivity index (χ0n) is 22.5. The van der Waals surface area contributed by atoms with E-state index in [0.29, 0.717) is 50.7 Å². The predicted molar refractivity (Wildman–Crippen MR) is 145 cm³/mol. The van der Waals surface area contributed by atoms with Gasteiger partial charge in [-0.2, -0.15) is 18.4 Å². The Bertz CT molecular complexity index is 1290. The topological polar surface area (TPSA) is 61.6 Å². The molecule has 0 N–H and O–H groups in total. The van der Waals surface area contributed by atoms with Crippen LogP contribution in [0, 0.1) is 11.3 Å². The second-order valence-corrected chi connectivity index (χ2v) is 9.84. The molecule has 39 heavy (non-hydrogen) atoms. The Labute approximate surface area is 227 Å². The number of pyridine rings is 1. The molecule has 0 aliphatic carbocycles. The van der Waals surface area contributed by atoms with Crippen molar-refractivity contribution >= 4 is 5.69 Å². The number of nitrogens with zero attached hydrogens (tertiary/aromatic N) is 4. The van der Waals surface area contributed by atoms with Crippen molar-refractivity contribution in [2.45, 2.75) is 31.5 Å². The first-order chi connectivity index (χ1) is 18.7. The summed E-state index contributed by atoms with van der Waals surface area (Å²) in [7, 11) is 3.98. The van der Waals surface area contributed by atoms with Crippen LogP contribution in [0.3, 0.4) is 0 Å². The van der Waals surface area contributed by atoms with Gasteiger partial charge in [0.15, 0.2) is 0 Å². The lowest BCUT2D eigenvalue weighted by Gasteiger charge is -2.43. The van der Waals surface area contributed by atoms with E-state index in [-0.39, 0.29) is 5.56 Å². The summed E-state index contributed by atoms with van der Waals surface area (Å²) in [5.41, 5.74) is 2.11. The highest BCUT2D eigenvalue weighted by atomic mass is 19.4. The van der Waals surface area contributed by atoms with Crippen molar-refractivity contribution < 1.29 is 22.6 Å². The largest absolute Gasteiger partial charge is 0.478 e. The van der Waals surface area contributed by atoms with Gasteiger partial charge in [0.05, 0.1) is 35.6 Å². The summed E-state index contributed by atoms with van der Waals surface area (Å²) in [4.78, 5) is 8.39. The van der Waals surface area contributed by atoms with Crippen LogP contribution >= 0.6 is 0 Å². The van der Waals surface area contributed by atoms with E-state index >= 15 is 0 Å². The summed E-state index contributed by atoms with van der Waals surface area (Å²) >= 11 is 0. The van der Waals surface area contributed by atoms with Crippen molar-refractivity contribution in [3.63, 3.8) is 0 Å². The Morgan fingerprint density at radius 3 is 2.41 bits per heavy atom. The van der Waals surface area contributed by atoms with Crippen molar-refractivity contribution in [1.82, 2.24) is 9.88 Å². The number of aromatic nitrogens is 1. The van der Waals surface area contributed by atoms with E-state index in [4.69, 9.17) is 9.47 Å². The minimum atomic E-state index is -4.49. The van der Waals surface area contributed by atoms with Gasteiger partial charge in [0.25, 0.3) is 0 Å². The molecule has 0 radical (unpaired) electrons. The molecule has 0 bridgehead atoms. The third-order valence-electron chi connectivity index (χ3n) is 7.05. The summed E-state index contributed by atoms with van der Waals surface area (Å²) in [5.74, 6) is 0.586. The molecule has 1 aliphatic heterocycles. The highest BCUT2D eigenvalue weighted by molar-refractivity contribution is 5.69. The van der Waals surface area contributed by atoms with E-state index in [1.54, 1.807) is 6.20 Å². The number of benzene rings is 2. The first-order valence-corrected chi connectivity index (χ1v) is 13.0. The van der Waals surface area contributed by atoms with Crippen LogP contribution in [0.4, 0.5) is 18.9 Å². The second kappa shape index (κ2) is 12.1. The van der Waals surface area contributed by atoms with Crippen molar-refractivity contribution in [1.29, 1.82) is 5.26 Å². The second-order valence-electron chi connectivity index (χ2n) is 9.84. The van der Waals surface area contributed by atoms with Crippen LogP contribution < -0.4 is 9.64 Å². The summed E-state index contributed by atoms with van der Waals surface area (Å²) in [5, 5.41) is 9.57. The molecule has 1 aromatic heterocycles. The molecule has 4 rings (SSSR count). The van der Waals surface area contributed by atoms with Crippen LogP contribution in [0.5, 0.6) is 5.88 Å². The van der Waals surface area contributed by atoms with Crippen molar-refractivity contribution in [3.05, 3.63) is 77.5 Å². The standard InChI is InChI=1S/C30H33F3N4O2/c1-4-38-28-26(6-5-15-35-28)22-7-9-24(10-8-22)29(39-19-18-36(2)3)13-16-37(17-14-29)27-12-11-25(30(31,32)33)20-23(27)21-34/h5-12,15,20H,4,13-14,16-19H2,1-3H3. The molecule has 1 fully saturated rings. The van der Waals surface area contributed by atoms with Crippen molar-refractivity contribution in [2.24, 2.45) is 0 Å². The van der Waals surface area contributed by atoms with Crippen LogP contribution in [0.15, 0.2) is 60.8 Å². The van der Waals surface area contributed by atoms with E-state index in [1.165, 1.54) is 6.07 Å². The Balaban J connectivity index is 1.59. The van der Waals surface area contributed by atoms with E-state index < -0.39 is 17.3 Å². The highest BCUT2D eigenvalue weighted by Crippen LogP contribution is 2.41. The minimum Gasteiger partial charge on any atom is -0.478 e. The number of anilines is 1. The third kappa shape index (κ3) is 6.52. The molecule has 0 unspecified atom stereocenters. The molecule has 3 aromatic rings. The molecule has 6 nitrogen and oxygen atoms in total. The summed E-state index contributed by atoms with van der Waals surface area (Å²) in [6.07, 6.45) is -1.53. The minimum absolute atomic E-state index is 0.0248. The number of piperidine rings is 1. The molecule has 2 aromatic carbocycles. The smallest absolute Gasteiger partial charge is 0.416 e. The summed E-state index contributed by atoms with van der Waals surface area (Å²) in [6.45, 7) is 4.83. The van der Waals surface area contributed by atoms with Gasteiger partial charge in [-0.3, -0.25) is 0 Å². The van der Waals surface area contributed by atoms with Gasteiger partial charge in [-0.15, -0.1) is 0 Å². The van der Waals surface area contributed by atoms with Crippen LogP contribution in [0.1, 0.15) is 36.5 Å². The van der Waals surface area contributed by atoms with Gasteiger partial charge < -0.3 is 19.3 Å². The van der Waals surface area contributed by atoms with Crippen LogP contribution in [-0.4, -0.2) is 56.8 Å². The van der Waals surface area contributed by atoms with Crippen molar-refractivity contribution in [2.75, 3.05) is 51.8 Å². The zero-order valence-corrected chi connectivity index (χ0v) is 22.5. The molecular formula is C30H33F3N4O2. The normalized spacial score (nSPS) is 15.3. The average molecular weight is 539 g/mol. The first kappa shape index (κ1) is 28.4. The molecule has 2 heterocycles. The number of hydrogen-bond donors (Lipinski definition) is 0. The van der Waals surface area contributed by atoms with Crippen LogP contribution in [0.25, 0.3) is 11.1 Å². The zero-order chi connectivity index (χ0) is 28.0. The van der Waals surface area contributed by atoms with Gasteiger partial charge in [-0.1, -0.05) is 24.3 Å².